The molecule has 1 aromatic carbocycles. The van der Waals surface area contributed by atoms with Gasteiger partial charge in [-0.05, 0) is 37.0 Å². The number of amides is 1. The summed E-state index contributed by atoms with van der Waals surface area (Å²) in [5, 5.41) is 2.96. The van der Waals surface area contributed by atoms with Crippen molar-refractivity contribution in [3.63, 3.8) is 0 Å². The van der Waals surface area contributed by atoms with E-state index in [1.54, 1.807) is 6.20 Å². The van der Waals surface area contributed by atoms with Gasteiger partial charge in [0, 0.05) is 18.9 Å². The molecule has 2 rings (SSSR count). The Bertz CT molecular complexity index is 535. The predicted molar refractivity (Wildman–Crippen MR) is 80.5 cm³/mol. The van der Waals surface area contributed by atoms with Crippen LogP contribution in [0.15, 0.2) is 48.8 Å². The maximum absolute atomic E-state index is 11.8. The second kappa shape index (κ2) is 7.43. The number of nitrogens with one attached hydrogen (secondary N) is 1. The van der Waals surface area contributed by atoms with Crippen LogP contribution in [0.25, 0.3) is 0 Å². The first-order valence-electron chi connectivity index (χ1n) is 6.95. The fourth-order valence-corrected chi connectivity index (χ4v) is 2.02. The number of hydrogen-bond acceptors (Lipinski definition) is 2. The molecular formula is C17H20N2O. The summed E-state index contributed by atoms with van der Waals surface area (Å²) in [6.45, 7) is 2.75. The summed E-state index contributed by atoms with van der Waals surface area (Å²) in [4.78, 5) is 15.9. The van der Waals surface area contributed by atoms with Crippen LogP contribution in [0.4, 0.5) is 0 Å². The van der Waals surface area contributed by atoms with Gasteiger partial charge in [-0.2, -0.15) is 0 Å². The molecule has 0 atom stereocenters. The molecule has 1 amide bonds. The fourth-order valence-electron chi connectivity index (χ4n) is 2.02. The summed E-state index contributed by atoms with van der Waals surface area (Å²) in [5.74, 6) is 0.0834. The van der Waals surface area contributed by atoms with E-state index >= 15 is 0 Å². The van der Waals surface area contributed by atoms with Crippen molar-refractivity contribution in [2.45, 2.75) is 26.2 Å². The van der Waals surface area contributed by atoms with Gasteiger partial charge in [-0.3, -0.25) is 9.78 Å². The van der Waals surface area contributed by atoms with Gasteiger partial charge < -0.3 is 5.32 Å². The molecule has 0 saturated heterocycles. The van der Waals surface area contributed by atoms with Crippen LogP contribution in [0.2, 0.25) is 0 Å². The van der Waals surface area contributed by atoms with Crippen LogP contribution >= 0.6 is 0 Å². The van der Waals surface area contributed by atoms with Crippen molar-refractivity contribution in [2.75, 3.05) is 6.54 Å². The zero-order valence-corrected chi connectivity index (χ0v) is 11.8. The lowest BCUT2D eigenvalue weighted by Gasteiger charge is -2.05. The van der Waals surface area contributed by atoms with Gasteiger partial charge in [-0.15, -0.1) is 0 Å². The number of carbonyl (C=O) groups excluding carboxylic acids is 1. The van der Waals surface area contributed by atoms with E-state index in [9.17, 15) is 4.79 Å². The highest BCUT2D eigenvalue weighted by molar-refractivity contribution is 5.78. The smallest absolute Gasteiger partial charge is 0.224 e. The minimum absolute atomic E-state index is 0.0834. The van der Waals surface area contributed by atoms with E-state index in [2.05, 4.69) is 16.4 Å². The van der Waals surface area contributed by atoms with E-state index in [4.69, 9.17) is 0 Å². The quantitative estimate of drug-likeness (QED) is 0.818. The van der Waals surface area contributed by atoms with Gasteiger partial charge in [0.15, 0.2) is 0 Å². The summed E-state index contributed by atoms with van der Waals surface area (Å²) in [5.41, 5.74) is 3.48. The number of nitrogens with zero attached hydrogens (tertiary/aromatic N) is 1. The number of hydrogen-bond donors (Lipinski definition) is 1. The van der Waals surface area contributed by atoms with Crippen LogP contribution < -0.4 is 5.32 Å². The molecule has 0 saturated carbocycles. The van der Waals surface area contributed by atoms with Gasteiger partial charge in [-0.1, -0.05) is 35.9 Å². The maximum Gasteiger partial charge on any atom is 0.224 e. The fraction of sp³-hybridized carbons (Fsp3) is 0.294. The lowest BCUT2D eigenvalue weighted by molar-refractivity contribution is -0.120. The highest BCUT2D eigenvalue weighted by Gasteiger charge is 2.02. The topological polar surface area (TPSA) is 42.0 Å². The highest BCUT2D eigenvalue weighted by Crippen LogP contribution is 2.04. The van der Waals surface area contributed by atoms with Crippen LogP contribution in [0.5, 0.6) is 0 Å². The molecule has 0 aliphatic carbocycles. The average Bonchev–Trinajstić information content (AvgIpc) is 2.47. The molecular weight excluding hydrogens is 248 g/mol. The summed E-state index contributed by atoms with van der Waals surface area (Å²) >= 11 is 0. The molecule has 1 heterocycles. The third-order valence-electron chi connectivity index (χ3n) is 3.17. The first-order valence-corrected chi connectivity index (χ1v) is 6.95. The standard InChI is InChI=1S/C17H20N2O/c1-14-6-8-15(9-7-14)12-17(20)19-11-3-5-16-4-2-10-18-13-16/h2,4,6-10,13H,3,5,11-12H2,1H3,(H,19,20). The van der Waals surface area contributed by atoms with Crippen LogP contribution in [-0.2, 0) is 17.6 Å². The second-order valence-electron chi connectivity index (χ2n) is 4.98. The Balaban J connectivity index is 1.66. The number of benzene rings is 1. The molecule has 0 unspecified atom stereocenters. The highest BCUT2D eigenvalue weighted by atomic mass is 16.1. The molecule has 0 aliphatic heterocycles. The van der Waals surface area contributed by atoms with E-state index in [0.29, 0.717) is 13.0 Å². The lowest BCUT2D eigenvalue weighted by atomic mass is 10.1. The van der Waals surface area contributed by atoms with Crippen molar-refractivity contribution in [2.24, 2.45) is 0 Å². The average molecular weight is 268 g/mol. The molecule has 0 radical (unpaired) electrons. The van der Waals surface area contributed by atoms with Gasteiger partial charge in [0.05, 0.1) is 6.42 Å². The summed E-state index contributed by atoms with van der Waals surface area (Å²) in [6.07, 6.45) is 5.97. The van der Waals surface area contributed by atoms with Gasteiger partial charge in [0.25, 0.3) is 0 Å². The molecule has 1 aromatic heterocycles. The SMILES string of the molecule is Cc1ccc(CC(=O)NCCCc2cccnc2)cc1. The van der Waals surface area contributed by atoms with E-state index in [0.717, 1.165) is 18.4 Å². The van der Waals surface area contributed by atoms with E-state index in [1.807, 2.05) is 43.5 Å². The largest absolute Gasteiger partial charge is 0.356 e. The molecule has 0 aliphatic rings. The third-order valence-corrected chi connectivity index (χ3v) is 3.17. The number of aromatic nitrogens is 1. The lowest BCUT2D eigenvalue weighted by Crippen LogP contribution is -2.26. The Morgan fingerprint density at radius 3 is 2.65 bits per heavy atom. The van der Waals surface area contributed by atoms with Crippen LogP contribution in [0, 0.1) is 6.92 Å². The summed E-state index contributed by atoms with van der Waals surface area (Å²) in [7, 11) is 0. The maximum atomic E-state index is 11.8. The predicted octanol–water partition coefficient (Wildman–Crippen LogP) is 2.68. The number of pyridine rings is 1. The van der Waals surface area contributed by atoms with E-state index in [1.165, 1.54) is 11.1 Å². The summed E-state index contributed by atoms with van der Waals surface area (Å²) < 4.78 is 0. The van der Waals surface area contributed by atoms with Gasteiger partial charge in [0.1, 0.15) is 0 Å². The van der Waals surface area contributed by atoms with Crippen molar-refractivity contribution >= 4 is 5.91 Å². The Morgan fingerprint density at radius 1 is 1.15 bits per heavy atom. The molecule has 2 aromatic rings. The summed E-state index contributed by atoms with van der Waals surface area (Å²) in [6, 6.07) is 12.1. The number of rotatable bonds is 6. The number of carbonyl (C=O) groups is 1. The van der Waals surface area contributed by atoms with E-state index in [-0.39, 0.29) is 5.91 Å². The molecule has 1 N–H and O–H groups in total. The zero-order valence-electron chi connectivity index (χ0n) is 11.8. The normalized spacial score (nSPS) is 10.2. The van der Waals surface area contributed by atoms with Crippen molar-refractivity contribution < 1.29 is 4.79 Å². The van der Waals surface area contributed by atoms with Gasteiger partial charge in [0.2, 0.25) is 5.91 Å². The molecule has 0 fully saturated rings. The Kier molecular flexibility index (Phi) is 5.30. The molecule has 20 heavy (non-hydrogen) atoms. The molecule has 3 heteroatoms. The van der Waals surface area contributed by atoms with Gasteiger partial charge >= 0.3 is 0 Å². The van der Waals surface area contributed by atoms with Crippen LogP contribution in [0.1, 0.15) is 23.1 Å². The third kappa shape index (κ3) is 4.84. The first kappa shape index (κ1) is 14.3. The van der Waals surface area contributed by atoms with Crippen LogP contribution in [-0.4, -0.2) is 17.4 Å². The van der Waals surface area contributed by atoms with Crippen molar-refractivity contribution in [1.82, 2.24) is 10.3 Å². The Hall–Kier alpha value is -2.16. The Labute approximate surface area is 120 Å². The monoisotopic (exact) mass is 268 g/mol. The minimum atomic E-state index is 0.0834. The molecule has 3 nitrogen and oxygen atoms in total. The first-order chi connectivity index (χ1) is 9.74. The minimum Gasteiger partial charge on any atom is -0.356 e. The Morgan fingerprint density at radius 2 is 1.95 bits per heavy atom. The zero-order chi connectivity index (χ0) is 14.2. The number of aryl methyl sites for hydroxylation is 2. The van der Waals surface area contributed by atoms with Crippen molar-refractivity contribution in [3.8, 4) is 0 Å². The van der Waals surface area contributed by atoms with E-state index < -0.39 is 0 Å². The molecule has 104 valence electrons. The second-order valence-corrected chi connectivity index (χ2v) is 4.98. The molecule has 0 bridgehead atoms. The molecule has 0 spiro atoms. The van der Waals surface area contributed by atoms with Gasteiger partial charge in [-0.25, -0.2) is 0 Å². The van der Waals surface area contributed by atoms with Crippen molar-refractivity contribution in [1.29, 1.82) is 0 Å². The van der Waals surface area contributed by atoms with Crippen LogP contribution in [0.3, 0.4) is 0 Å². The van der Waals surface area contributed by atoms with Crippen molar-refractivity contribution in [3.05, 3.63) is 65.5 Å².